The molecule has 73 heavy (non-hydrogen) atoms. The van der Waals surface area contributed by atoms with Crippen molar-refractivity contribution in [3.63, 3.8) is 0 Å². The Labute approximate surface area is 450 Å². The smallest absolute Gasteiger partial charge is 0.306 e. The number of allylic oxidation sites excluding steroid dienone is 18. The van der Waals surface area contributed by atoms with Crippen LogP contribution in [0.4, 0.5) is 0 Å². The fraction of sp³-hybridized carbons (Fsp3) is 0.687. The highest BCUT2D eigenvalue weighted by molar-refractivity contribution is 5.71. The van der Waals surface area contributed by atoms with Gasteiger partial charge in [0.1, 0.15) is 13.2 Å². The molecule has 0 fully saturated rings. The normalized spacial score (nSPS) is 12.9. The molecule has 0 radical (unpaired) electrons. The van der Waals surface area contributed by atoms with Gasteiger partial charge in [0.05, 0.1) is 0 Å². The lowest BCUT2D eigenvalue weighted by molar-refractivity contribution is -0.167. The van der Waals surface area contributed by atoms with E-state index in [-0.39, 0.29) is 37.5 Å². The number of esters is 3. The van der Waals surface area contributed by atoms with Crippen LogP contribution in [0.15, 0.2) is 109 Å². The molecule has 1 atom stereocenters. The average Bonchev–Trinajstić information content (AvgIpc) is 3.39. The van der Waals surface area contributed by atoms with Crippen LogP contribution in [0, 0.1) is 0 Å². The third-order valence-electron chi connectivity index (χ3n) is 12.7. The van der Waals surface area contributed by atoms with Crippen molar-refractivity contribution in [2.45, 2.75) is 284 Å². The van der Waals surface area contributed by atoms with Gasteiger partial charge in [-0.1, -0.05) is 246 Å². The fourth-order valence-corrected chi connectivity index (χ4v) is 8.16. The van der Waals surface area contributed by atoms with Gasteiger partial charge in [-0.05, 0) is 122 Å². The maximum Gasteiger partial charge on any atom is 0.306 e. The van der Waals surface area contributed by atoms with Gasteiger partial charge in [0.2, 0.25) is 0 Å². The Bertz CT molecular complexity index is 1490. The van der Waals surface area contributed by atoms with Crippen molar-refractivity contribution in [2.75, 3.05) is 13.2 Å². The summed E-state index contributed by atoms with van der Waals surface area (Å²) in [6, 6.07) is 0. The minimum Gasteiger partial charge on any atom is -0.462 e. The SMILES string of the molecule is CC/C=C\C/C=C\C/C=C\C/C=C\C/C=C\C/C=C\CCCCC(=O)OC(COC(=O)CCCCCCC/C=C\CCCC)COC(=O)CCCCCCCCCCCCC/C=C\C/C=C\CCCCCCC. The first-order chi connectivity index (χ1) is 36.0. The van der Waals surface area contributed by atoms with Crippen LogP contribution in [0.25, 0.3) is 0 Å². The summed E-state index contributed by atoms with van der Waals surface area (Å²) < 4.78 is 16.8. The highest BCUT2D eigenvalue weighted by atomic mass is 16.6. The molecule has 0 rings (SSSR count). The molecule has 6 heteroatoms. The van der Waals surface area contributed by atoms with Crippen molar-refractivity contribution in [1.82, 2.24) is 0 Å². The van der Waals surface area contributed by atoms with Gasteiger partial charge in [-0.2, -0.15) is 0 Å². The van der Waals surface area contributed by atoms with Crippen molar-refractivity contribution in [3.05, 3.63) is 109 Å². The summed E-state index contributed by atoms with van der Waals surface area (Å²) in [5, 5.41) is 0. The van der Waals surface area contributed by atoms with Gasteiger partial charge in [-0.15, -0.1) is 0 Å². The zero-order chi connectivity index (χ0) is 52.9. The number of carbonyl (C=O) groups excluding carboxylic acids is 3. The molecule has 0 aliphatic carbocycles. The molecule has 0 aromatic rings. The van der Waals surface area contributed by atoms with E-state index in [4.69, 9.17) is 14.2 Å². The third-order valence-corrected chi connectivity index (χ3v) is 12.7. The number of ether oxygens (including phenoxy) is 3. The summed E-state index contributed by atoms with van der Waals surface area (Å²) in [7, 11) is 0. The largest absolute Gasteiger partial charge is 0.462 e. The van der Waals surface area contributed by atoms with Crippen LogP contribution >= 0.6 is 0 Å². The Morgan fingerprint density at radius 1 is 0.288 bits per heavy atom. The maximum absolute atomic E-state index is 12.9. The number of carbonyl (C=O) groups is 3. The second-order valence-electron chi connectivity index (χ2n) is 19.9. The van der Waals surface area contributed by atoms with Crippen molar-refractivity contribution in [2.24, 2.45) is 0 Å². The molecule has 0 aromatic carbocycles. The molecular formula is C67H112O6. The molecule has 1 unspecified atom stereocenters. The van der Waals surface area contributed by atoms with E-state index >= 15 is 0 Å². The Morgan fingerprint density at radius 2 is 0.548 bits per heavy atom. The molecule has 416 valence electrons. The number of rotatable bonds is 54. The van der Waals surface area contributed by atoms with Gasteiger partial charge in [0.25, 0.3) is 0 Å². The van der Waals surface area contributed by atoms with Gasteiger partial charge >= 0.3 is 17.9 Å². The molecule has 6 nitrogen and oxygen atoms in total. The Balaban J connectivity index is 4.39. The van der Waals surface area contributed by atoms with Gasteiger partial charge in [-0.25, -0.2) is 0 Å². The van der Waals surface area contributed by atoms with E-state index in [2.05, 4.69) is 130 Å². The van der Waals surface area contributed by atoms with Crippen LogP contribution < -0.4 is 0 Å². The van der Waals surface area contributed by atoms with E-state index in [0.29, 0.717) is 19.3 Å². The highest BCUT2D eigenvalue weighted by Crippen LogP contribution is 2.15. The highest BCUT2D eigenvalue weighted by Gasteiger charge is 2.19. The van der Waals surface area contributed by atoms with Gasteiger partial charge in [-0.3, -0.25) is 14.4 Å². The average molecular weight is 1010 g/mol. The van der Waals surface area contributed by atoms with E-state index in [0.717, 1.165) is 109 Å². The summed E-state index contributed by atoms with van der Waals surface area (Å²) in [5.74, 6) is -0.954. The van der Waals surface area contributed by atoms with Crippen LogP contribution in [-0.2, 0) is 28.6 Å². The summed E-state index contributed by atoms with van der Waals surface area (Å²) in [4.78, 5) is 38.2. The molecule has 0 saturated carbocycles. The fourth-order valence-electron chi connectivity index (χ4n) is 8.16. The topological polar surface area (TPSA) is 78.9 Å². The quantitative estimate of drug-likeness (QED) is 0.0261. The number of unbranched alkanes of at least 4 members (excludes halogenated alkanes) is 25. The Kier molecular flexibility index (Phi) is 57.4. The lowest BCUT2D eigenvalue weighted by Crippen LogP contribution is -2.30. The van der Waals surface area contributed by atoms with Crippen LogP contribution in [0.1, 0.15) is 278 Å². The molecule has 0 spiro atoms. The molecular weight excluding hydrogens is 901 g/mol. The molecule has 0 aromatic heterocycles. The third kappa shape index (κ3) is 58.8. The number of hydrogen-bond acceptors (Lipinski definition) is 6. The van der Waals surface area contributed by atoms with Crippen LogP contribution in [0.2, 0.25) is 0 Å². The Morgan fingerprint density at radius 3 is 0.918 bits per heavy atom. The maximum atomic E-state index is 12.9. The Hall–Kier alpha value is -3.93. The molecule has 0 heterocycles. The molecule has 0 aliphatic rings. The van der Waals surface area contributed by atoms with Crippen molar-refractivity contribution in [3.8, 4) is 0 Å². The van der Waals surface area contributed by atoms with Crippen LogP contribution in [0.3, 0.4) is 0 Å². The van der Waals surface area contributed by atoms with Crippen molar-refractivity contribution in [1.29, 1.82) is 0 Å². The minimum atomic E-state index is -0.807. The van der Waals surface area contributed by atoms with Crippen LogP contribution in [0.5, 0.6) is 0 Å². The zero-order valence-electron chi connectivity index (χ0n) is 47.6. The first-order valence-electron chi connectivity index (χ1n) is 30.4. The minimum absolute atomic E-state index is 0.100. The first-order valence-corrected chi connectivity index (χ1v) is 30.4. The lowest BCUT2D eigenvalue weighted by Gasteiger charge is -2.18. The monoisotopic (exact) mass is 1010 g/mol. The molecule has 0 aliphatic heterocycles. The second-order valence-corrected chi connectivity index (χ2v) is 19.9. The van der Waals surface area contributed by atoms with Crippen LogP contribution in [-0.4, -0.2) is 37.2 Å². The van der Waals surface area contributed by atoms with Gasteiger partial charge in [0.15, 0.2) is 6.10 Å². The summed E-state index contributed by atoms with van der Waals surface area (Å²) >= 11 is 0. The molecule has 0 amide bonds. The summed E-state index contributed by atoms with van der Waals surface area (Å²) in [6.07, 6.45) is 82.3. The first kappa shape index (κ1) is 69.1. The van der Waals surface area contributed by atoms with Gasteiger partial charge in [0, 0.05) is 19.3 Å². The lowest BCUT2D eigenvalue weighted by atomic mass is 10.0. The van der Waals surface area contributed by atoms with E-state index in [1.54, 1.807) is 0 Å². The second kappa shape index (κ2) is 60.6. The predicted octanol–water partition coefficient (Wildman–Crippen LogP) is 20.7. The number of hydrogen-bond donors (Lipinski definition) is 0. The molecule has 0 bridgehead atoms. The molecule has 0 saturated heterocycles. The van der Waals surface area contributed by atoms with E-state index in [1.165, 1.54) is 122 Å². The van der Waals surface area contributed by atoms with E-state index in [9.17, 15) is 14.4 Å². The van der Waals surface area contributed by atoms with Crippen molar-refractivity contribution < 1.29 is 28.6 Å². The molecule has 0 N–H and O–H groups in total. The van der Waals surface area contributed by atoms with E-state index < -0.39 is 6.10 Å². The standard InChI is InChI=1S/C67H112O6/c1-4-7-10-13-16-19-22-24-26-28-30-32-33-35-36-38-40-42-45-48-51-54-57-60-66(69)72-63-64(62-71-65(68)59-56-53-50-47-44-21-18-15-12-9-6-3)73-67(70)61-58-55-52-49-46-43-41-39-37-34-31-29-27-25-23-20-17-14-11-8-5-2/h8,11,15,17-18,20,22,24-25,27-28,30-31,34,39,41,46,49,64H,4-7,9-10,12-14,16,19,21,23,26,29,32-33,35-38,40,42-45,47-48,50-63H2,1-3H3/b11-8-,18-15-,20-17-,24-22-,27-25-,30-28-,34-31-,41-39-,49-46-. The zero-order valence-corrected chi connectivity index (χ0v) is 47.6. The predicted molar refractivity (Wildman–Crippen MR) is 316 cm³/mol. The van der Waals surface area contributed by atoms with E-state index in [1.807, 2.05) is 0 Å². The van der Waals surface area contributed by atoms with Gasteiger partial charge < -0.3 is 14.2 Å². The summed E-state index contributed by atoms with van der Waals surface area (Å²) in [5.41, 5.74) is 0. The summed E-state index contributed by atoms with van der Waals surface area (Å²) in [6.45, 7) is 6.44. The van der Waals surface area contributed by atoms with Crippen molar-refractivity contribution >= 4 is 17.9 Å².